The molecule has 0 saturated heterocycles. The lowest BCUT2D eigenvalue weighted by atomic mass is 10.1. The molecule has 28 heavy (non-hydrogen) atoms. The number of anilines is 2. The van der Waals surface area contributed by atoms with Crippen LogP contribution in [0.3, 0.4) is 0 Å². The molecule has 0 aliphatic carbocycles. The Morgan fingerprint density at radius 1 is 1.11 bits per heavy atom. The van der Waals surface area contributed by atoms with Crippen LogP contribution >= 0.6 is 0 Å². The number of nitrogens with zero attached hydrogens (tertiary/aromatic N) is 2. The molecule has 1 N–H and O–H groups in total. The lowest BCUT2D eigenvalue weighted by Crippen LogP contribution is -2.30. The molecule has 1 heterocycles. The molecule has 2 aromatic carbocycles. The molecule has 3 aromatic rings. The van der Waals surface area contributed by atoms with Crippen LogP contribution in [0.4, 0.5) is 11.5 Å². The van der Waals surface area contributed by atoms with Crippen molar-refractivity contribution >= 4 is 17.4 Å². The molecule has 1 amide bonds. The highest BCUT2D eigenvalue weighted by Gasteiger charge is 2.16. The van der Waals surface area contributed by atoms with Crippen molar-refractivity contribution in [3.8, 4) is 5.75 Å². The first-order valence-corrected chi connectivity index (χ1v) is 9.32. The number of amides is 1. The molecular weight excluding hydrogens is 350 g/mol. The van der Waals surface area contributed by atoms with Gasteiger partial charge in [0.2, 0.25) is 0 Å². The largest absolute Gasteiger partial charge is 0.497 e. The fourth-order valence-corrected chi connectivity index (χ4v) is 2.96. The van der Waals surface area contributed by atoms with E-state index in [-0.39, 0.29) is 5.91 Å². The summed E-state index contributed by atoms with van der Waals surface area (Å²) in [5.41, 5.74) is 3.71. The van der Waals surface area contributed by atoms with Crippen molar-refractivity contribution in [2.45, 2.75) is 20.4 Å². The number of hydrogen-bond acceptors (Lipinski definition) is 4. The van der Waals surface area contributed by atoms with Crippen molar-refractivity contribution in [1.29, 1.82) is 0 Å². The third kappa shape index (κ3) is 4.68. The Bertz CT molecular complexity index is 921. The van der Waals surface area contributed by atoms with E-state index in [1.54, 1.807) is 18.2 Å². The van der Waals surface area contributed by atoms with E-state index in [0.29, 0.717) is 18.7 Å². The molecule has 144 valence electrons. The highest BCUT2D eigenvalue weighted by molar-refractivity contribution is 6.06. The van der Waals surface area contributed by atoms with Crippen molar-refractivity contribution in [2.75, 3.05) is 23.9 Å². The number of carbonyl (C=O) groups excluding carboxylic acids is 1. The first kappa shape index (κ1) is 19.4. The zero-order chi connectivity index (χ0) is 19.9. The Kier molecular flexibility index (Phi) is 6.27. The van der Waals surface area contributed by atoms with Crippen LogP contribution in [0.25, 0.3) is 0 Å². The van der Waals surface area contributed by atoms with Gasteiger partial charge in [-0.1, -0.05) is 24.3 Å². The Morgan fingerprint density at radius 2 is 1.89 bits per heavy atom. The predicted octanol–water partition coefficient (Wildman–Crippen LogP) is 4.68. The van der Waals surface area contributed by atoms with Gasteiger partial charge in [0.25, 0.3) is 5.91 Å². The Hall–Kier alpha value is -3.34. The number of methoxy groups -OCH3 is 1. The monoisotopic (exact) mass is 375 g/mol. The normalized spacial score (nSPS) is 10.4. The second-order valence-electron chi connectivity index (χ2n) is 6.52. The second kappa shape index (κ2) is 9.04. The maximum Gasteiger partial charge on any atom is 0.259 e. The van der Waals surface area contributed by atoms with Crippen molar-refractivity contribution in [3.05, 3.63) is 83.6 Å². The summed E-state index contributed by atoms with van der Waals surface area (Å²) in [5, 5.41) is 3.27. The Balaban J connectivity index is 1.66. The molecule has 5 nitrogen and oxygen atoms in total. The van der Waals surface area contributed by atoms with E-state index < -0.39 is 0 Å². The molecule has 0 atom stereocenters. The topological polar surface area (TPSA) is 54.5 Å². The molecule has 0 fully saturated rings. The van der Waals surface area contributed by atoms with Crippen LogP contribution in [0.1, 0.15) is 28.4 Å². The Morgan fingerprint density at radius 3 is 2.50 bits per heavy atom. The number of aromatic nitrogens is 1. The predicted molar refractivity (Wildman–Crippen MR) is 113 cm³/mol. The van der Waals surface area contributed by atoms with Gasteiger partial charge in [0.1, 0.15) is 11.6 Å². The smallest absolute Gasteiger partial charge is 0.259 e. The summed E-state index contributed by atoms with van der Waals surface area (Å²) < 4.78 is 5.17. The van der Waals surface area contributed by atoms with Crippen LogP contribution in [0.5, 0.6) is 5.75 Å². The van der Waals surface area contributed by atoms with E-state index >= 15 is 0 Å². The van der Waals surface area contributed by atoms with E-state index in [9.17, 15) is 4.79 Å². The zero-order valence-corrected chi connectivity index (χ0v) is 16.5. The number of ether oxygens (including phenoxy) is 1. The minimum atomic E-state index is -0.0534. The minimum Gasteiger partial charge on any atom is -0.497 e. The average molecular weight is 375 g/mol. The summed E-state index contributed by atoms with van der Waals surface area (Å²) in [6.07, 6.45) is 1.62. The summed E-state index contributed by atoms with van der Waals surface area (Å²) in [4.78, 5) is 19.0. The summed E-state index contributed by atoms with van der Waals surface area (Å²) in [6, 6.07) is 19.5. The summed E-state index contributed by atoms with van der Waals surface area (Å²) >= 11 is 0. The van der Waals surface area contributed by atoms with E-state index in [1.807, 2.05) is 74.5 Å². The standard InChI is InChI=1S/C23H25N3O2/c1-4-26(20-7-5-6-17(2)14-20)23(27)19-10-13-22(25-16-19)24-15-18-8-11-21(28-3)12-9-18/h5-14,16H,4,15H2,1-3H3,(H,24,25). The van der Waals surface area contributed by atoms with Crippen LogP contribution < -0.4 is 15.0 Å². The molecule has 0 bridgehead atoms. The van der Waals surface area contributed by atoms with Gasteiger partial charge in [-0.15, -0.1) is 0 Å². The number of pyridine rings is 1. The van der Waals surface area contributed by atoms with Gasteiger partial charge in [-0.25, -0.2) is 4.98 Å². The van der Waals surface area contributed by atoms with Gasteiger partial charge in [0, 0.05) is 25.0 Å². The van der Waals surface area contributed by atoms with Crippen LogP contribution in [0, 0.1) is 6.92 Å². The molecule has 0 aliphatic rings. The molecule has 0 saturated carbocycles. The van der Waals surface area contributed by atoms with E-state index in [4.69, 9.17) is 4.74 Å². The Labute approximate surface area is 166 Å². The molecule has 0 radical (unpaired) electrons. The number of aryl methyl sites for hydroxylation is 1. The van der Waals surface area contributed by atoms with Gasteiger partial charge in [-0.2, -0.15) is 0 Å². The summed E-state index contributed by atoms with van der Waals surface area (Å²) in [6.45, 7) is 5.24. The van der Waals surface area contributed by atoms with E-state index in [0.717, 1.165) is 28.4 Å². The third-order valence-electron chi connectivity index (χ3n) is 4.52. The van der Waals surface area contributed by atoms with Gasteiger partial charge < -0.3 is 15.0 Å². The van der Waals surface area contributed by atoms with Crippen molar-refractivity contribution in [2.24, 2.45) is 0 Å². The molecule has 0 unspecified atom stereocenters. The fourth-order valence-electron chi connectivity index (χ4n) is 2.96. The maximum atomic E-state index is 12.9. The van der Waals surface area contributed by atoms with Crippen molar-refractivity contribution in [3.63, 3.8) is 0 Å². The van der Waals surface area contributed by atoms with E-state index in [1.165, 1.54) is 0 Å². The second-order valence-corrected chi connectivity index (χ2v) is 6.52. The van der Waals surface area contributed by atoms with Crippen LogP contribution in [-0.4, -0.2) is 24.5 Å². The molecular formula is C23H25N3O2. The summed E-state index contributed by atoms with van der Waals surface area (Å²) in [5.74, 6) is 1.51. The molecule has 0 spiro atoms. The molecule has 0 aliphatic heterocycles. The van der Waals surface area contributed by atoms with Crippen LogP contribution in [0.15, 0.2) is 66.9 Å². The SMILES string of the molecule is CCN(C(=O)c1ccc(NCc2ccc(OC)cc2)nc1)c1cccc(C)c1. The molecule has 5 heteroatoms. The zero-order valence-electron chi connectivity index (χ0n) is 16.5. The number of benzene rings is 2. The van der Waals surface area contributed by atoms with Crippen molar-refractivity contribution < 1.29 is 9.53 Å². The van der Waals surface area contributed by atoms with Crippen molar-refractivity contribution in [1.82, 2.24) is 4.98 Å². The van der Waals surface area contributed by atoms with Crippen LogP contribution in [0.2, 0.25) is 0 Å². The first-order chi connectivity index (χ1) is 13.6. The maximum absolute atomic E-state index is 12.9. The average Bonchev–Trinajstić information content (AvgIpc) is 2.73. The van der Waals surface area contributed by atoms with Gasteiger partial charge in [-0.3, -0.25) is 4.79 Å². The fraction of sp³-hybridized carbons (Fsp3) is 0.217. The lowest BCUT2D eigenvalue weighted by molar-refractivity contribution is 0.0988. The number of rotatable bonds is 7. The highest BCUT2D eigenvalue weighted by Crippen LogP contribution is 2.19. The number of nitrogens with one attached hydrogen (secondary N) is 1. The third-order valence-corrected chi connectivity index (χ3v) is 4.52. The highest BCUT2D eigenvalue weighted by atomic mass is 16.5. The molecule has 1 aromatic heterocycles. The van der Waals surface area contributed by atoms with Gasteiger partial charge in [0.15, 0.2) is 0 Å². The minimum absolute atomic E-state index is 0.0534. The first-order valence-electron chi connectivity index (χ1n) is 9.32. The van der Waals surface area contributed by atoms with E-state index in [2.05, 4.69) is 10.3 Å². The number of hydrogen-bond donors (Lipinski definition) is 1. The van der Waals surface area contributed by atoms with Gasteiger partial charge in [-0.05, 0) is 61.4 Å². The van der Waals surface area contributed by atoms with Gasteiger partial charge in [0.05, 0.1) is 12.7 Å². The lowest BCUT2D eigenvalue weighted by Gasteiger charge is -2.21. The van der Waals surface area contributed by atoms with Gasteiger partial charge >= 0.3 is 0 Å². The summed E-state index contributed by atoms with van der Waals surface area (Å²) in [7, 11) is 1.65. The van der Waals surface area contributed by atoms with Crippen LogP contribution in [-0.2, 0) is 6.54 Å². The quantitative estimate of drug-likeness (QED) is 0.652. The molecule has 3 rings (SSSR count). The number of carbonyl (C=O) groups is 1.